The van der Waals surface area contributed by atoms with E-state index in [9.17, 15) is 0 Å². The molecule has 1 N–H and O–H groups in total. The smallest absolute Gasteiger partial charge is 0.00460 e. The Kier molecular flexibility index (Phi) is 9.64. The Morgan fingerprint density at radius 2 is 2.00 bits per heavy atom. The quantitative estimate of drug-likeness (QED) is 0.442. The second-order valence-corrected chi connectivity index (χ2v) is 3.71. The van der Waals surface area contributed by atoms with Gasteiger partial charge in [0.05, 0.1) is 0 Å². The Labute approximate surface area is 82.7 Å². The molecule has 1 nitrogen and oxygen atoms in total. The maximum Gasteiger partial charge on any atom is -0.00460 e. The maximum atomic E-state index is 4.31. The Morgan fingerprint density at radius 3 is 2.50 bits per heavy atom. The van der Waals surface area contributed by atoms with Gasteiger partial charge in [-0.3, -0.25) is 0 Å². The van der Waals surface area contributed by atoms with Gasteiger partial charge in [0, 0.05) is 0 Å². The minimum Gasteiger partial charge on any atom is -0.317 e. The first kappa shape index (κ1) is 12.3. The number of hydrogen-bond donors (Lipinski definition) is 2. The fraction of sp³-hybridized carbons (Fsp3) is 1.00. The van der Waals surface area contributed by atoms with Crippen LogP contribution in [0, 0.1) is 5.92 Å². The summed E-state index contributed by atoms with van der Waals surface area (Å²) >= 11 is 4.31. The third kappa shape index (κ3) is 6.99. The lowest BCUT2D eigenvalue weighted by atomic mass is 10.1. The van der Waals surface area contributed by atoms with Crippen LogP contribution in [0.15, 0.2) is 0 Å². The standard InChI is InChI=1S/C10H23NS/c1-3-5-7-11-8-6-10(4-2)9-12/h10-12H,3-9H2,1-2H3. The van der Waals surface area contributed by atoms with E-state index in [1.165, 1.54) is 38.8 Å². The highest BCUT2D eigenvalue weighted by molar-refractivity contribution is 7.80. The van der Waals surface area contributed by atoms with Gasteiger partial charge in [-0.15, -0.1) is 0 Å². The zero-order chi connectivity index (χ0) is 9.23. The van der Waals surface area contributed by atoms with E-state index in [2.05, 4.69) is 31.8 Å². The van der Waals surface area contributed by atoms with Crippen molar-refractivity contribution in [2.75, 3.05) is 18.8 Å². The second kappa shape index (κ2) is 9.40. The van der Waals surface area contributed by atoms with Crippen molar-refractivity contribution in [2.24, 2.45) is 5.92 Å². The van der Waals surface area contributed by atoms with Crippen molar-refractivity contribution < 1.29 is 0 Å². The third-order valence-corrected chi connectivity index (χ3v) is 2.79. The van der Waals surface area contributed by atoms with Crippen LogP contribution in [-0.2, 0) is 0 Å². The highest BCUT2D eigenvalue weighted by Gasteiger charge is 2.01. The normalized spacial score (nSPS) is 13.2. The number of rotatable bonds is 8. The van der Waals surface area contributed by atoms with Crippen LogP contribution in [0.5, 0.6) is 0 Å². The molecule has 0 amide bonds. The summed E-state index contributed by atoms with van der Waals surface area (Å²) in [5.74, 6) is 1.84. The molecule has 0 saturated carbocycles. The molecule has 0 spiro atoms. The van der Waals surface area contributed by atoms with Gasteiger partial charge in [-0.2, -0.15) is 12.6 Å². The molecule has 0 aromatic heterocycles. The number of nitrogens with one attached hydrogen (secondary N) is 1. The van der Waals surface area contributed by atoms with E-state index in [-0.39, 0.29) is 0 Å². The van der Waals surface area contributed by atoms with E-state index in [1.807, 2.05) is 0 Å². The lowest BCUT2D eigenvalue weighted by Gasteiger charge is -2.11. The van der Waals surface area contributed by atoms with Gasteiger partial charge in [0.15, 0.2) is 0 Å². The summed E-state index contributed by atoms with van der Waals surface area (Å²) in [5.41, 5.74) is 0. The molecular formula is C10H23NS. The van der Waals surface area contributed by atoms with Crippen molar-refractivity contribution in [1.82, 2.24) is 5.32 Å². The fourth-order valence-corrected chi connectivity index (χ4v) is 1.60. The van der Waals surface area contributed by atoms with Crippen molar-refractivity contribution in [2.45, 2.75) is 39.5 Å². The van der Waals surface area contributed by atoms with E-state index < -0.39 is 0 Å². The molecule has 0 bridgehead atoms. The fourth-order valence-electron chi connectivity index (χ4n) is 1.16. The van der Waals surface area contributed by atoms with Crippen LogP contribution in [0.4, 0.5) is 0 Å². The molecule has 12 heavy (non-hydrogen) atoms. The molecule has 0 aliphatic heterocycles. The van der Waals surface area contributed by atoms with Crippen molar-refractivity contribution in [3.63, 3.8) is 0 Å². The van der Waals surface area contributed by atoms with Crippen molar-refractivity contribution in [3.8, 4) is 0 Å². The topological polar surface area (TPSA) is 12.0 Å². The molecule has 0 aliphatic carbocycles. The summed E-state index contributed by atoms with van der Waals surface area (Å²) < 4.78 is 0. The zero-order valence-corrected chi connectivity index (χ0v) is 9.37. The Hall–Kier alpha value is 0.310. The van der Waals surface area contributed by atoms with Gasteiger partial charge in [-0.05, 0) is 37.6 Å². The van der Waals surface area contributed by atoms with Crippen LogP contribution >= 0.6 is 12.6 Å². The van der Waals surface area contributed by atoms with Crippen LogP contribution in [0.1, 0.15) is 39.5 Å². The molecule has 0 aliphatic rings. The first-order valence-electron chi connectivity index (χ1n) is 5.16. The zero-order valence-electron chi connectivity index (χ0n) is 8.47. The SMILES string of the molecule is CCCCNCCC(CC)CS. The average molecular weight is 189 g/mol. The van der Waals surface area contributed by atoms with Crippen LogP contribution in [0.2, 0.25) is 0 Å². The summed E-state index contributed by atoms with van der Waals surface area (Å²) in [6.45, 7) is 6.82. The monoisotopic (exact) mass is 189 g/mol. The number of unbranched alkanes of at least 4 members (excludes halogenated alkanes) is 1. The molecule has 0 fully saturated rings. The molecule has 0 saturated heterocycles. The third-order valence-electron chi connectivity index (χ3n) is 2.27. The molecule has 0 rings (SSSR count). The van der Waals surface area contributed by atoms with Gasteiger partial charge < -0.3 is 5.32 Å². The van der Waals surface area contributed by atoms with Crippen LogP contribution in [-0.4, -0.2) is 18.8 Å². The van der Waals surface area contributed by atoms with E-state index in [0.717, 1.165) is 11.7 Å². The molecule has 0 radical (unpaired) electrons. The van der Waals surface area contributed by atoms with Crippen LogP contribution < -0.4 is 5.32 Å². The van der Waals surface area contributed by atoms with Gasteiger partial charge in [-0.25, -0.2) is 0 Å². The Balaban J connectivity index is 3.06. The van der Waals surface area contributed by atoms with Crippen molar-refractivity contribution in [3.05, 3.63) is 0 Å². The Bertz CT molecular complexity index is 81.9. The summed E-state index contributed by atoms with van der Waals surface area (Å²) in [7, 11) is 0. The highest BCUT2D eigenvalue weighted by atomic mass is 32.1. The molecular weight excluding hydrogens is 166 g/mol. The lowest BCUT2D eigenvalue weighted by molar-refractivity contribution is 0.492. The minimum absolute atomic E-state index is 0.808. The summed E-state index contributed by atoms with van der Waals surface area (Å²) in [6, 6.07) is 0. The van der Waals surface area contributed by atoms with Gasteiger partial charge in [0.25, 0.3) is 0 Å². The molecule has 0 aromatic rings. The summed E-state index contributed by atoms with van der Waals surface area (Å²) in [6.07, 6.45) is 5.14. The largest absolute Gasteiger partial charge is 0.317 e. The van der Waals surface area contributed by atoms with E-state index in [0.29, 0.717) is 0 Å². The summed E-state index contributed by atoms with van der Waals surface area (Å²) in [5, 5.41) is 3.45. The second-order valence-electron chi connectivity index (χ2n) is 3.35. The highest BCUT2D eigenvalue weighted by Crippen LogP contribution is 2.08. The molecule has 1 unspecified atom stereocenters. The van der Waals surface area contributed by atoms with Gasteiger partial charge in [0.2, 0.25) is 0 Å². The maximum absolute atomic E-state index is 4.31. The van der Waals surface area contributed by atoms with E-state index in [1.54, 1.807) is 0 Å². The van der Waals surface area contributed by atoms with E-state index in [4.69, 9.17) is 0 Å². The molecule has 74 valence electrons. The predicted molar refractivity (Wildman–Crippen MR) is 60.0 cm³/mol. The van der Waals surface area contributed by atoms with Gasteiger partial charge >= 0.3 is 0 Å². The Morgan fingerprint density at radius 1 is 1.25 bits per heavy atom. The van der Waals surface area contributed by atoms with Crippen LogP contribution in [0.25, 0.3) is 0 Å². The van der Waals surface area contributed by atoms with Crippen molar-refractivity contribution >= 4 is 12.6 Å². The number of hydrogen-bond acceptors (Lipinski definition) is 2. The van der Waals surface area contributed by atoms with Crippen molar-refractivity contribution in [1.29, 1.82) is 0 Å². The summed E-state index contributed by atoms with van der Waals surface area (Å²) in [4.78, 5) is 0. The molecule has 1 atom stereocenters. The van der Waals surface area contributed by atoms with Crippen LogP contribution in [0.3, 0.4) is 0 Å². The molecule has 2 heteroatoms. The van der Waals surface area contributed by atoms with E-state index >= 15 is 0 Å². The number of thiol groups is 1. The van der Waals surface area contributed by atoms with Gasteiger partial charge in [-0.1, -0.05) is 26.7 Å². The van der Waals surface area contributed by atoms with Gasteiger partial charge in [0.1, 0.15) is 0 Å². The molecule has 0 aromatic carbocycles. The first-order valence-corrected chi connectivity index (χ1v) is 5.79. The first-order chi connectivity index (χ1) is 5.85. The predicted octanol–water partition coefficient (Wildman–Crippen LogP) is 2.72. The average Bonchev–Trinajstić information content (AvgIpc) is 2.11. The minimum atomic E-state index is 0.808. The lowest BCUT2D eigenvalue weighted by Crippen LogP contribution is -2.19. The molecule has 0 heterocycles.